The average molecular weight is 353 g/mol. The molecule has 2 nitrogen and oxygen atoms in total. The van der Waals surface area contributed by atoms with Crippen molar-refractivity contribution in [3.63, 3.8) is 0 Å². The second-order valence-electron chi connectivity index (χ2n) is 7.25. The molecule has 118 valence electrons. The van der Waals surface area contributed by atoms with Gasteiger partial charge in [0.05, 0.1) is 0 Å². The van der Waals surface area contributed by atoms with E-state index in [1.807, 2.05) is 0 Å². The predicted octanol–water partition coefficient (Wildman–Crippen LogP) is 4.82. The molecular formula is C18H29BrN2. The van der Waals surface area contributed by atoms with E-state index in [9.17, 15) is 0 Å². The van der Waals surface area contributed by atoms with Gasteiger partial charge in [0, 0.05) is 29.8 Å². The molecule has 1 aromatic carbocycles. The first-order chi connectivity index (χ1) is 9.91. The Labute approximate surface area is 138 Å². The highest BCUT2D eigenvalue weighted by atomic mass is 79.9. The quantitative estimate of drug-likeness (QED) is 0.764. The lowest BCUT2D eigenvalue weighted by Gasteiger charge is -2.28. The summed E-state index contributed by atoms with van der Waals surface area (Å²) in [6.07, 6.45) is 2.49. The number of hydrogen-bond acceptors (Lipinski definition) is 2. The minimum atomic E-state index is 0.404. The third kappa shape index (κ3) is 4.46. The van der Waals surface area contributed by atoms with Crippen LogP contribution in [-0.4, -0.2) is 19.6 Å². The normalized spacial score (nSPS) is 19.3. The maximum absolute atomic E-state index is 3.63. The molecule has 0 bridgehead atoms. The van der Waals surface area contributed by atoms with E-state index >= 15 is 0 Å². The minimum Gasteiger partial charge on any atom is -0.371 e. The molecule has 1 unspecified atom stereocenters. The molecule has 0 aromatic heterocycles. The fourth-order valence-electron chi connectivity index (χ4n) is 3.07. The highest BCUT2D eigenvalue weighted by Gasteiger charge is 2.32. The lowest BCUT2D eigenvalue weighted by molar-refractivity contribution is 0.263. The third-order valence-corrected chi connectivity index (χ3v) is 5.04. The third-order valence-electron chi connectivity index (χ3n) is 4.54. The molecule has 0 saturated carbocycles. The molecule has 0 amide bonds. The van der Waals surface area contributed by atoms with Gasteiger partial charge in [-0.05, 0) is 48.4 Å². The summed E-state index contributed by atoms with van der Waals surface area (Å²) < 4.78 is 1.18. The van der Waals surface area contributed by atoms with Crippen LogP contribution in [-0.2, 0) is 6.54 Å². The summed E-state index contributed by atoms with van der Waals surface area (Å²) in [5.74, 6) is 0.785. The number of nitrogens with zero attached hydrogens (tertiary/aromatic N) is 1. The fraction of sp³-hybridized carbons (Fsp3) is 0.667. The molecule has 0 spiro atoms. The van der Waals surface area contributed by atoms with Crippen LogP contribution in [0.25, 0.3) is 0 Å². The molecule has 2 rings (SSSR count). The Kier molecular flexibility index (Phi) is 5.73. The van der Waals surface area contributed by atoms with Crippen LogP contribution in [0.4, 0.5) is 5.69 Å². The highest BCUT2D eigenvalue weighted by Crippen LogP contribution is 2.37. The van der Waals surface area contributed by atoms with Gasteiger partial charge in [-0.3, -0.25) is 0 Å². The lowest BCUT2D eigenvalue weighted by Crippen LogP contribution is -2.27. The van der Waals surface area contributed by atoms with Crippen LogP contribution < -0.4 is 10.2 Å². The van der Waals surface area contributed by atoms with E-state index in [0.29, 0.717) is 5.41 Å². The second kappa shape index (κ2) is 7.15. The van der Waals surface area contributed by atoms with Gasteiger partial charge in [-0.15, -0.1) is 0 Å². The number of anilines is 1. The van der Waals surface area contributed by atoms with Gasteiger partial charge in [0.25, 0.3) is 0 Å². The van der Waals surface area contributed by atoms with Crippen LogP contribution in [0.2, 0.25) is 0 Å². The summed E-state index contributed by atoms with van der Waals surface area (Å²) in [7, 11) is 0. The van der Waals surface area contributed by atoms with Gasteiger partial charge in [0.2, 0.25) is 0 Å². The molecule has 1 aliphatic rings. The Morgan fingerprint density at radius 1 is 1.33 bits per heavy atom. The maximum atomic E-state index is 3.63. The monoisotopic (exact) mass is 352 g/mol. The van der Waals surface area contributed by atoms with Gasteiger partial charge in [-0.1, -0.05) is 49.7 Å². The summed E-state index contributed by atoms with van der Waals surface area (Å²) in [6, 6.07) is 6.70. The molecule has 1 aliphatic heterocycles. The zero-order chi connectivity index (χ0) is 15.5. The average Bonchev–Trinajstić information content (AvgIpc) is 2.90. The minimum absolute atomic E-state index is 0.404. The molecule has 21 heavy (non-hydrogen) atoms. The molecule has 1 saturated heterocycles. The molecular weight excluding hydrogens is 324 g/mol. The molecule has 1 N–H and O–H groups in total. The number of benzene rings is 1. The van der Waals surface area contributed by atoms with Crippen molar-refractivity contribution < 1.29 is 0 Å². The standard InChI is InChI=1S/C18H29BrN2/c1-5-9-20-12-14-6-7-16(19)11-17(14)21-10-8-15(13-21)18(2,3)4/h6-7,11,15,20H,5,8-10,12-13H2,1-4H3. The Balaban J connectivity index is 2.13. The van der Waals surface area contributed by atoms with Crippen molar-refractivity contribution in [1.82, 2.24) is 5.32 Å². The zero-order valence-electron chi connectivity index (χ0n) is 13.9. The fourth-order valence-corrected chi connectivity index (χ4v) is 3.42. The summed E-state index contributed by atoms with van der Waals surface area (Å²) in [5, 5.41) is 3.53. The van der Waals surface area contributed by atoms with E-state index in [4.69, 9.17) is 0 Å². The molecule has 1 heterocycles. The van der Waals surface area contributed by atoms with Crippen LogP contribution in [0.3, 0.4) is 0 Å². The number of nitrogens with one attached hydrogen (secondary N) is 1. The summed E-state index contributed by atoms with van der Waals surface area (Å²) >= 11 is 3.63. The Hall–Kier alpha value is -0.540. The first kappa shape index (κ1) is 16.8. The van der Waals surface area contributed by atoms with Crippen LogP contribution in [0, 0.1) is 11.3 Å². The topological polar surface area (TPSA) is 15.3 Å². The van der Waals surface area contributed by atoms with Crippen LogP contribution in [0.15, 0.2) is 22.7 Å². The first-order valence-electron chi connectivity index (χ1n) is 8.16. The summed E-state index contributed by atoms with van der Waals surface area (Å²) in [5.41, 5.74) is 3.22. The Morgan fingerprint density at radius 3 is 2.71 bits per heavy atom. The SMILES string of the molecule is CCCNCc1ccc(Br)cc1N1CCC(C(C)(C)C)C1. The highest BCUT2D eigenvalue weighted by molar-refractivity contribution is 9.10. The van der Waals surface area contributed by atoms with Crippen molar-refractivity contribution in [2.45, 2.75) is 47.1 Å². The second-order valence-corrected chi connectivity index (χ2v) is 8.16. The zero-order valence-corrected chi connectivity index (χ0v) is 15.5. The van der Waals surface area contributed by atoms with Crippen molar-refractivity contribution in [1.29, 1.82) is 0 Å². The van der Waals surface area contributed by atoms with E-state index in [2.05, 4.69) is 72.0 Å². The van der Waals surface area contributed by atoms with E-state index < -0.39 is 0 Å². The van der Waals surface area contributed by atoms with Crippen LogP contribution in [0.5, 0.6) is 0 Å². The van der Waals surface area contributed by atoms with Gasteiger partial charge >= 0.3 is 0 Å². The predicted molar refractivity (Wildman–Crippen MR) is 95.9 cm³/mol. The van der Waals surface area contributed by atoms with Gasteiger partial charge in [-0.25, -0.2) is 0 Å². The van der Waals surface area contributed by atoms with Crippen LogP contribution in [0.1, 0.15) is 46.1 Å². The molecule has 0 radical (unpaired) electrons. The maximum Gasteiger partial charge on any atom is 0.0423 e. The van der Waals surface area contributed by atoms with Gasteiger partial charge < -0.3 is 10.2 Å². The van der Waals surface area contributed by atoms with Crippen molar-refractivity contribution in [3.05, 3.63) is 28.2 Å². The summed E-state index contributed by atoms with van der Waals surface area (Å²) in [4.78, 5) is 2.57. The lowest BCUT2D eigenvalue weighted by atomic mass is 9.80. The number of hydrogen-bond donors (Lipinski definition) is 1. The van der Waals surface area contributed by atoms with Gasteiger partial charge in [-0.2, -0.15) is 0 Å². The van der Waals surface area contributed by atoms with E-state index in [1.54, 1.807) is 0 Å². The van der Waals surface area contributed by atoms with Crippen LogP contribution >= 0.6 is 15.9 Å². The largest absolute Gasteiger partial charge is 0.371 e. The molecule has 1 atom stereocenters. The van der Waals surface area contributed by atoms with Crippen molar-refractivity contribution in [2.24, 2.45) is 11.3 Å². The van der Waals surface area contributed by atoms with Crippen molar-refractivity contribution >= 4 is 21.6 Å². The van der Waals surface area contributed by atoms with Crippen molar-refractivity contribution in [2.75, 3.05) is 24.5 Å². The summed E-state index contributed by atoms with van der Waals surface area (Å²) in [6.45, 7) is 13.7. The smallest absolute Gasteiger partial charge is 0.0423 e. The number of halogens is 1. The van der Waals surface area contributed by atoms with E-state index in [1.165, 1.54) is 41.7 Å². The molecule has 1 aromatic rings. The molecule has 1 fully saturated rings. The Bertz CT molecular complexity index is 465. The van der Waals surface area contributed by atoms with Crippen molar-refractivity contribution in [3.8, 4) is 0 Å². The molecule has 0 aliphatic carbocycles. The Morgan fingerprint density at radius 2 is 2.10 bits per heavy atom. The van der Waals surface area contributed by atoms with Gasteiger partial charge in [0.1, 0.15) is 0 Å². The van der Waals surface area contributed by atoms with E-state index in [0.717, 1.165) is 19.0 Å². The first-order valence-corrected chi connectivity index (χ1v) is 8.95. The molecule has 3 heteroatoms. The number of rotatable bonds is 5. The van der Waals surface area contributed by atoms with Gasteiger partial charge in [0.15, 0.2) is 0 Å². The van der Waals surface area contributed by atoms with E-state index in [-0.39, 0.29) is 0 Å².